The average Bonchev–Trinajstić information content (AvgIpc) is 2.26. The van der Waals surface area contributed by atoms with Crippen LogP contribution >= 0.6 is 0 Å². The van der Waals surface area contributed by atoms with E-state index in [9.17, 15) is 13.6 Å². The zero-order chi connectivity index (χ0) is 13.6. The lowest BCUT2D eigenvalue weighted by molar-refractivity contribution is -0.166. The van der Waals surface area contributed by atoms with Gasteiger partial charge in [-0.25, -0.2) is 4.79 Å². The van der Waals surface area contributed by atoms with Crippen LogP contribution in [0.2, 0.25) is 0 Å². The molecule has 0 aromatic heterocycles. The van der Waals surface area contributed by atoms with Crippen LogP contribution in [0, 0.1) is 0 Å². The molecule has 2 rings (SSSR count). The van der Waals surface area contributed by atoms with Crippen LogP contribution in [-0.4, -0.2) is 16.7 Å². The zero-order valence-corrected chi connectivity index (χ0v) is 10.2. The molecule has 0 radical (unpaired) electrons. The van der Waals surface area contributed by atoms with E-state index in [0.29, 0.717) is 24.2 Å². The first-order valence-electron chi connectivity index (χ1n) is 5.66. The van der Waals surface area contributed by atoms with Gasteiger partial charge in [0.25, 0.3) is 0 Å². The maximum absolute atomic E-state index is 13.4. The fourth-order valence-corrected chi connectivity index (χ4v) is 1.98. The Hall–Kier alpha value is -1.65. The number of halogens is 2. The van der Waals surface area contributed by atoms with Gasteiger partial charge in [0.2, 0.25) is 0 Å². The monoisotopic (exact) mass is 256 g/mol. The number of hydrogen-bond donors (Lipinski definition) is 1. The van der Waals surface area contributed by atoms with Crippen molar-refractivity contribution in [2.24, 2.45) is 0 Å². The van der Waals surface area contributed by atoms with Crippen molar-refractivity contribution < 1.29 is 23.4 Å². The third-order valence-electron chi connectivity index (χ3n) is 3.07. The summed E-state index contributed by atoms with van der Waals surface area (Å²) in [6.07, 6.45) is 1.31. The topological polar surface area (TPSA) is 46.5 Å². The Labute approximate surface area is 103 Å². The van der Waals surface area contributed by atoms with Gasteiger partial charge in [-0.1, -0.05) is 0 Å². The van der Waals surface area contributed by atoms with E-state index in [1.165, 1.54) is 12.1 Å². The van der Waals surface area contributed by atoms with Crippen LogP contribution < -0.4 is 4.74 Å². The van der Waals surface area contributed by atoms with Crippen molar-refractivity contribution in [3.8, 4) is 5.75 Å². The van der Waals surface area contributed by atoms with Crippen LogP contribution in [0.4, 0.5) is 8.78 Å². The van der Waals surface area contributed by atoms with Crippen LogP contribution in [0.3, 0.4) is 0 Å². The van der Waals surface area contributed by atoms with Crippen LogP contribution in [0.15, 0.2) is 18.2 Å². The molecule has 0 saturated carbocycles. The largest absolute Gasteiger partial charge is 0.488 e. The third-order valence-corrected chi connectivity index (χ3v) is 3.07. The van der Waals surface area contributed by atoms with Crippen molar-refractivity contribution in [2.75, 3.05) is 0 Å². The normalized spacial score (nSPS) is 17.8. The molecule has 1 N–H and O–H groups in total. The van der Waals surface area contributed by atoms with E-state index in [0.717, 1.165) is 6.07 Å². The molecule has 5 heteroatoms. The molecule has 1 aliphatic rings. The fourth-order valence-electron chi connectivity index (χ4n) is 1.98. The van der Waals surface area contributed by atoms with Gasteiger partial charge in [-0.15, -0.1) is 0 Å². The van der Waals surface area contributed by atoms with Gasteiger partial charge in [0, 0.05) is 5.56 Å². The molecule has 1 aliphatic heterocycles. The Balaban J connectivity index is 2.38. The molecule has 1 aromatic rings. The number of carboxylic acids is 1. The van der Waals surface area contributed by atoms with E-state index in [1.54, 1.807) is 0 Å². The summed E-state index contributed by atoms with van der Waals surface area (Å²) in [7, 11) is 0. The van der Waals surface area contributed by atoms with Crippen LogP contribution in [0.25, 0.3) is 0 Å². The van der Waals surface area contributed by atoms with Crippen molar-refractivity contribution in [3.05, 3.63) is 29.3 Å². The number of hydrogen-bond acceptors (Lipinski definition) is 2. The van der Waals surface area contributed by atoms with Gasteiger partial charge in [0.1, 0.15) is 11.4 Å². The molecule has 0 fully saturated rings. The highest BCUT2D eigenvalue weighted by molar-refractivity contribution is 5.77. The van der Waals surface area contributed by atoms with Crippen LogP contribution in [0.1, 0.15) is 31.4 Å². The summed E-state index contributed by atoms with van der Waals surface area (Å²) >= 11 is 0. The predicted molar refractivity (Wildman–Crippen MR) is 61.0 cm³/mol. The Bertz CT molecular complexity index is 495. The molecule has 0 aliphatic carbocycles. The molecule has 3 nitrogen and oxygen atoms in total. The van der Waals surface area contributed by atoms with Crippen molar-refractivity contribution in [1.29, 1.82) is 0 Å². The van der Waals surface area contributed by atoms with Crippen molar-refractivity contribution in [1.82, 2.24) is 0 Å². The summed E-state index contributed by atoms with van der Waals surface area (Å²) in [5, 5.41) is 8.50. The van der Waals surface area contributed by atoms with Crippen molar-refractivity contribution in [2.45, 2.75) is 38.2 Å². The highest BCUT2D eigenvalue weighted by atomic mass is 19.3. The lowest BCUT2D eigenvalue weighted by Gasteiger charge is -2.33. The molecule has 18 heavy (non-hydrogen) atoms. The van der Waals surface area contributed by atoms with Gasteiger partial charge in [0.15, 0.2) is 0 Å². The standard InChI is InChI=1S/C13H14F2O3/c1-12(2)6-5-8-7-9(3-4-10(8)18-12)13(14,15)11(16)17/h3-4,7H,5-6H2,1-2H3,(H,16,17). The zero-order valence-electron chi connectivity index (χ0n) is 10.2. The molecule has 0 amide bonds. The summed E-state index contributed by atoms with van der Waals surface area (Å²) in [6, 6.07) is 3.75. The maximum atomic E-state index is 13.4. The van der Waals surface area contributed by atoms with E-state index in [2.05, 4.69) is 0 Å². The van der Waals surface area contributed by atoms with E-state index < -0.39 is 17.5 Å². The van der Waals surface area contributed by atoms with Crippen molar-refractivity contribution >= 4 is 5.97 Å². The predicted octanol–water partition coefficient (Wildman–Crippen LogP) is 2.97. The second-order valence-corrected chi connectivity index (χ2v) is 5.06. The van der Waals surface area contributed by atoms with Crippen LogP contribution in [-0.2, 0) is 17.1 Å². The average molecular weight is 256 g/mol. The number of fused-ring (bicyclic) bond motifs is 1. The van der Waals surface area contributed by atoms with E-state index in [-0.39, 0.29) is 5.60 Å². The summed E-state index contributed by atoms with van der Waals surface area (Å²) in [5.41, 5.74) is -0.186. The number of ether oxygens (including phenoxy) is 1. The molecule has 0 saturated heterocycles. The third kappa shape index (κ3) is 2.17. The number of rotatable bonds is 2. The Morgan fingerprint density at radius 2 is 2.11 bits per heavy atom. The van der Waals surface area contributed by atoms with Gasteiger partial charge in [-0.05, 0) is 50.5 Å². The minimum atomic E-state index is -3.86. The number of alkyl halides is 2. The van der Waals surface area contributed by atoms with Crippen LogP contribution in [0.5, 0.6) is 5.75 Å². The van der Waals surface area contributed by atoms with E-state index >= 15 is 0 Å². The summed E-state index contributed by atoms with van der Waals surface area (Å²) in [5.74, 6) is -5.45. The highest BCUT2D eigenvalue weighted by Gasteiger charge is 2.41. The number of benzene rings is 1. The SMILES string of the molecule is CC1(C)CCc2cc(C(F)(F)C(=O)O)ccc2O1. The molecule has 0 atom stereocenters. The summed E-state index contributed by atoms with van der Waals surface area (Å²) in [6.45, 7) is 3.85. The fraction of sp³-hybridized carbons (Fsp3) is 0.462. The molecule has 0 bridgehead atoms. The smallest absolute Gasteiger partial charge is 0.379 e. The minimum Gasteiger partial charge on any atom is -0.488 e. The number of aliphatic carboxylic acids is 1. The Morgan fingerprint density at radius 1 is 1.44 bits per heavy atom. The summed E-state index contributed by atoms with van der Waals surface area (Å²) < 4.78 is 32.4. The first kappa shape index (κ1) is 12.8. The molecular formula is C13H14F2O3. The first-order valence-corrected chi connectivity index (χ1v) is 5.66. The molecule has 0 spiro atoms. The second kappa shape index (κ2) is 3.93. The Kier molecular flexibility index (Phi) is 2.80. The lowest BCUT2D eigenvalue weighted by Crippen LogP contribution is -2.33. The molecule has 98 valence electrons. The first-order chi connectivity index (χ1) is 8.22. The number of carbonyl (C=O) groups is 1. The minimum absolute atomic E-state index is 0.316. The van der Waals surface area contributed by atoms with Crippen molar-refractivity contribution in [3.63, 3.8) is 0 Å². The molecule has 0 unspecified atom stereocenters. The Morgan fingerprint density at radius 3 is 2.72 bits per heavy atom. The molecule has 1 aromatic carbocycles. The second-order valence-electron chi connectivity index (χ2n) is 5.06. The van der Waals surface area contributed by atoms with E-state index in [4.69, 9.17) is 9.84 Å². The van der Waals surface area contributed by atoms with Gasteiger partial charge in [0.05, 0.1) is 0 Å². The maximum Gasteiger partial charge on any atom is 0.379 e. The molecular weight excluding hydrogens is 242 g/mol. The van der Waals surface area contributed by atoms with Gasteiger partial charge >= 0.3 is 11.9 Å². The van der Waals surface area contributed by atoms with Gasteiger partial charge in [-0.2, -0.15) is 8.78 Å². The van der Waals surface area contributed by atoms with E-state index in [1.807, 2.05) is 13.8 Å². The van der Waals surface area contributed by atoms with Gasteiger partial charge in [-0.3, -0.25) is 0 Å². The number of aryl methyl sites for hydroxylation is 1. The summed E-state index contributed by atoms with van der Waals surface area (Å²) in [4.78, 5) is 10.5. The van der Waals surface area contributed by atoms with Gasteiger partial charge < -0.3 is 9.84 Å². The molecule has 1 heterocycles. The quantitative estimate of drug-likeness (QED) is 0.884. The number of carboxylic acid groups (broad SMARTS) is 1. The lowest BCUT2D eigenvalue weighted by atomic mass is 9.92. The highest BCUT2D eigenvalue weighted by Crippen LogP contribution is 2.37.